The van der Waals surface area contributed by atoms with E-state index in [1.807, 2.05) is 25.3 Å². The smallest absolute Gasteiger partial charge is 0.270 e. The molecule has 0 radical (unpaired) electrons. The van der Waals surface area contributed by atoms with E-state index in [9.17, 15) is 4.79 Å². The Bertz CT molecular complexity index is 663. The molecule has 2 aromatic heterocycles. The molecule has 110 valence electrons. The molecule has 3 heterocycles. The summed E-state index contributed by atoms with van der Waals surface area (Å²) in [6.45, 7) is 4.42. The molecule has 1 aliphatic rings. The van der Waals surface area contributed by atoms with Crippen LogP contribution < -0.4 is 0 Å². The number of aromatic amines is 1. The van der Waals surface area contributed by atoms with Gasteiger partial charge in [0, 0.05) is 31.0 Å². The van der Waals surface area contributed by atoms with Crippen LogP contribution >= 0.6 is 11.6 Å². The molecule has 1 amide bonds. The van der Waals surface area contributed by atoms with Gasteiger partial charge in [0.2, 0.25) is 0 Å². The van der Waals surface area contributed by atoms with E-state index in [4.69, 9.17) is 16.3 Å². The maximum Gasteiger partial charge on any atom is 0.270 e. The van der Waals surface area contributed by atoms with Crippen LogP contribution in [0.25, 0.3) is 11.1 Å². The number of nitrogens with one attached hydrogen (secondary N) is 1. The molecule has 0 spiro atoms. The first-order chi connectivity index (χ1) is 10.1. The number of hydrogen-bond acceptors (Lipinski definition) is 3. The van der Waals surface area contributed by atoms with E-state index >= 15 is 0 Å². The third kappa shape index (κ3) is 2.94. The summed E-state index contributed by atoms with van der Waals surface area (Å²) in [5, 5.41) is 0.442. The number of carbonyl (C=O) groups is 1. The van der Waals surface area contributed by atoms with Crippen LogP contribution in [0.15, 0.2) is 24.5 Å². The molecular weight excluding hydrogens is 290 g/mol. The molecule has 0 unspecified atom stereocenters. The van der Waals surface area contributed by atoms with E-state index in [1.165, 1.54) is 0 Å². The van der Waals surface area contributed by atoms with Crippen molar-refractivity contribution >= 4 is 17.5 Å². The number of morpholine rings is 1. The van der Waals surface area contributed by atoms with Crippen molar-refractivity contribution in [1.82, 2.24) is 14.9 Å². The highest BCUT2D eigenvalue weighted by Gasteiger charge is 2.20. The highest BCUT2D eigenvalue weighted by atomic mass is 35.5. The first-order valence-electron chi connectivity index (χ1n) is 6.83. The van der Waals surface area contributed by atoms with Crippen molar-refractivity contribution in [3.63, 3.8) is 0 Å². The Morgan fingerprint density at radius 3 is 2.90 bits per heavy atom. The van der Waals surface area contributed by atoms with Crippen LogP contribution in [-0.4, -0.2) is 47.1 Å². The highest BCUT2D eigenvalue weighted by Crippen LogP contribution is 2.26. The number of H-pyrrole nitrogens is 1. The standard InChI is InChI=1S/C15H16ClN3O2/c1-10-8-18-14(16)7-12(10)11-6-13(17-9-11)15(20)19-2-4-21-5-3-19/h6-9,17H,2-5H2,1H3. The van der Waals surface area contributed by atoms with Crippen LogP contribution in [0, 0.1) is 6.92 Å². The number of pyridine rings is 1. The zero-order valence-electron chi connectivity index (χ0n) is 11.7. The first-order valence-corrected chi connectivity index (χ1v) is 7.21. The van der Waals surface area contributed by atoms with Gasteiger partial charge in [0.25, 0.3) is 5.91 Å². The van der Waals surface area contributed by atoms with Crippen molar-refractivity contribution in [1.29, 1.82) is 0 Å². The number of carbonyl (C=O) groups excluding carboxylic acids is 1. The zero-order chi connectivity index (χ0) is 14.8. The molecule has 0 saturated carbocycles. The number of halogens is 1. The number of nitrogens with zero attached hydrogens (tertiary/aromatic N) is 2. The van der Waals surface area contributed by atoms with Gasteiger partial charge in [-0.3, -0.25) is 4.79 Å². The van der Waals surface area contributed by atoms with E-state index in [0.29, 0.717) is 37.2 Å². The molecule has 0 aliphatic carbocycles. The summed E-state index contributed by atoms with van der Waals surface area (Å²) in [4.78, 5) is 21.3. The number of amides is 1. The molecule has 2 aromatic rings. The Labute approximate surface area is 127 Å². The Balaban J connectivity index is 1.85. The second kappa shape index (κ2) is 5.87. The van der Waals surface area contributed by atoms with Gasteiger partial charge in [0.1, 0.15) is 10.8 Å². The molecule has 0 aromatic carbocycles. The lowest BCUT2D eigenvalue weighted by Gasteiger charge is -2.26. The lowest BCUT2D eigenvalue weighted by atomic mass is 10.1. The third-order valence-corrected chi connectivity index (χ3v) is 3.80. The maximum atomic E-state index is 12.4. The Morgan fingerprint density at radius 2 is 2.14 bits per heavy atom. The summed E-state index contributed by atoms with van der Waals surface area (Å²) in [6, 6.07) is 3.67. The quantitative estimate of drug-likeness (QED) is 0.867. The molecule has 21 heavy (non-hydrogen) atoms. The summed E-state index contributed by atoms with van der Waals surface area (Å²) < 4.78 is 5.26. The van der Waals surface area contributed by atoms with Gasteiger partial charge in [-0.05, 0) is 30.2 Å². The lowest BCUT2D eigenvalue weighted by molar-refractivity contribution is 0.0299. The van der Waals surface area contributed by atoms with Gasteiger partial charge in [0.05, 0.1) is 13.2 Å². The predicted molar refractivity (Wildman–Crippen MR) is 80.5 cm³/mol. The van der Waals surface area contributed by atoms with Gasteiger partial charge in [-0.1, -0.05) is 11.6 Å². The molecule has 1 fully saturated rings. The third-order valence-electron chi connectivity index (χ3n) is 3.59. The minimum Gasteiger partial charge on any atom is -0.378 e. The topological polar surface area (TPSA) is 58.2 Å². The lowest BCUT2D eigenvalue weighted by Crippen LogP contribution is -2.40. The number of ether oxygens (including phenoxy) is 1. The van der Waals surface area contributed by atoms with Gasteiger partial charge in [-0.2, -0.15) is 0 Å². The van der Waals surface area contributed by atoms with Crippen LogP contribution in [0.3, 0.4) is 0 Å². The summed E-state index contributed by atoms with van der Waals surface area (Å²) in [6.07, 6.45) is 3.56. The molecule has 0 atom stereocenters. The van der Waals surface area contributed by atoms with E-state index in [0.717, 1.165) is 16.7 Å². The van der Waals surface area contributed by atoms with E-state index < -0.39 is 0 Å². The molecule has 1 aliphatic heterocycles. The molecular formula is C15H16ClN3O2. The van der Waals surface area contributed by atoms with E-state index in [2.05, 4.69) is 9.97 Å². The van der Waals surface area contributed by atoms with Gasteiger partial charge < -0.3 is 14.6 Å². The second-order valence-electron chi connectivity index (χ2n) is 5.03. The summed E-state index contributed by atoms with van der Waals surface area (Å²) in [7, 11) is 0. The van der Waals surface area contributed by atoms with Gasteiger partial charge >= 0.3 is 0 Å². The molecule has 1 saturated heterocycles. The Hall–Kier alpha value is -1.85. The average Bonchev–Trinajstić information content (AvgIpc) is 2.99. The number of hydrogen-bond donors (Lipinski definition) is 1. The minimum atomic E-state index is 0.00218. The summed E-state index contributed by atoms with van der Waals surface area (Å²) in [5.41, 5.74) is 3.52. The van der Waals surface area contributed by atoms with Crippen LogP contribution in [0.5, 0.6) is 0 Å². The number of aryl methyl sites for hydroxylation is 1. The van der Waals surface area contributed by atoms with Gasteiger partial charge in [-0.25, -0.2) is 4.98 Å². The van der Waals surface area contributed by atoms with Crippen molar-refractivity contribution in [2.45, 2.75) is 6.92 Å². The fourth-order valence-electron chi connectivity index (χ4n) is 2.42. The molecule has 1 N–H and O–H groups in total. The van der Waals surface area contributed by atoms with Crippen molar-refractivity contribution in [2.75, 3.05) is 26.3 Å². The molecule has 0 bridgehead atoms. The van der Waals surface area contributed by atoms with Crippen molar-refractivity contribution in [3.8, 4) is 11.1 Å². The molecule has 5 nitrogen and oxygen atoms in total. The van der Waals surface area contributed by atoms with Gasteiger partial charge in [-0.15, -0.1) is 0 Å². The summed E-state index contributed by atoms with van der Waals surface area (Å²) >= 11 is 5.95. The molecule has 6 heteroatoms. The van der Waals surface area contributed by atoms with Gasteiger partial charge in [0.15, 0.2) is 0 Å². The van der Waals surface area contributed by atoms with Crippen LogP contribution in [0.4, 0.5) is 0 Å². The largest absolute Gasteiger partial charge is 0.378 e. The highest BCUT2D eigenvalue weighted by molar-refractivity contribution is 6.29. The minimum absolute atomic E-state index is 0.00218. The number of aromatic nitrogens is 2. The van der Waals surface area contributed by atoms with Crippen molar-refractivity contribution in [3.05, 3.63) is 40.9 Å². The fraction of sp³-hybridized carbons (Fsp3) is 0.333. The van der Waals surface area contributed by atoms with Crippen LogP contribution in [0.1, 0.15) is 16.1 Å². The normalized spacial score (nSPS) is 15.2. The molecule has 3 rings (SSSR count). The average molecular weight is 306 g/mol. The summed E-state index contributed by atoms with van der Waals surface area (Å²) in [5.74, 6) is 0.00218. The van der Waals surface area contributed by atoms with Crippen LogP contribution in [0.2, 0.25) is 5.15 Å². The SMILES string of the molecule is Cc1cnc(Cl)cc1-c1c[nH]c(C(=O)N2CCOCC2)c1. The number of rotatable bonds is 2. The van der Waals surface area contributed by atoms with Crippen LogP contribution in [-0.2, 0) is 4.74 Å². The van der Waals surface area contributed by atoms with E-state index in [1.54, 1.807) is 11.1 Å². The monoisotopic (exact) mass is 305 g/mol. The zero-order valence-corrected chi connectivity index (χ0v) is 12.5. The van der Waals surface area contributed by atoms with Crippen molar-refractivity contribution < 1.29 is 9.53 Å². The Morgan fingerprint density at radius 1 is 1.38 bits per heavy atom. The fourth-order valence-corrected chi connectivity index (χ4v) is 2.58. The van der Waals surface area contributed by atoms with Crippen molar-refractivity contribution in [2.24, 2.45) is 0 Å². The predicted octanol–water partition coefficient (Wildman–Crippen LogP) is 2.51. The second-order valence-corrected chi connectivity index (χ2v) is 5.42. The van der Waals surface area contributed by atoms with E-state index in [-0.39, 0.29) is 5.91 Å². The maximum absolute atomic E-state index is 12.4. The Kier molecular flexibility index (Phi) is 3.94. The first kappa shape index (κ1) is 14.1.